The zero-order valence-corrected chi connectivity index (χ0v) is 10.5. The van der Waals surface area contributed by atoms with E-state index in [1.807, 2.05) is 0 Å². The number of rotatable bonds is 3. The summed E-state index contributed by atoms with van der Waals surface area (Å²) < 4.78 is 0. The van der Waals surface area contributed by atoms with E-state index in [1.54, 1.807) is 19.1 Å². The van der Waals surface area contributed by atoms with Gasteiger partial charge < -0.3 is 15.5 Å². The van der Waals surface area contributed by atoms with E-state index in [0.29, 0.717) is 23.6 Å². The molecule has 1 saturated carbocycles. The molecule has 2 rings (SSSR count). The predicted molar refractivity (Wildman–Crippen MR) is 68.5 cm³/mol. The van der Waals surface area contributed by atoms with Crippen LogP contribution in [0.1, 0.15) is 35.2 Å². The van der Waals surface area contributed by atoms with Crippen LogP contribution < -0.4 is 5.32 Å². The summed E-state index contributed by atoms with van der Waals surface area (Å²) in [4.78, 5) is 11.9. The summed E-state index contributed by atoms with van der Waals surface area (Å²) in [7, 11) is 0. The van der Waals surface area contributed by atoms with Gasteiger partial charge in [0, 0.05) is 12.1 Å². The summed E-state index contributed by atoms with van der Waals surface area (Å²) in [6.07, 6.45) is 2.37. The first-order valence-electron chi connectivity index (χ1n) is 6.32. The fourth-order valence-corrected chi connectivity index (χ4v) is 2.37. The highest BCUT2D eigenvalue weighted by Gasteiger charge is 2.23. The van der Waals surface area contributed by atoms with E-state index in [9.17, 15) is 15.0 Å². The molecule has 0 heterocycles. The Bertz CT molecular complexity index is 445. The monoisotopic (exact) mass is 249 g/mol. The molecule has 0 aromatic heterocycles. The molecule has 1 aliphatic carbocycles. The van der Waals surface area contributed by atoms with Crippen LogP contribution in [0.4, 0.5) is 0 Å². The minimum atomic E-state index is -0.206. The molecule has 1 fully saturated rings. The Morgan fingerprint density at radius 3 is 2.83 bits per heavy atom. The zero-order valence-electron chi connectivity index (χ0n) is 10.5. The second kappa shape index (κ2) is 5.40. The number of hydrogen-bond donors (Lipinski definition) is 3. The first-order valence-corrected chi connectivity index (χ1v) is 6.32. The Balaban J connectivity index is 1.89. The minimum absolute atomic E-state index is 0.125. The summed E-state index contributed by atoms with van der Waals surface area (Å²) in [6.45, 7) is 2.37. The van der Waals surface area contributed by atoms with E-state index in [2.05, 4.69) is 5.32 Å². The molecular weight excluding hydrogens is 230 g/mol. The topological polar surface area (TPSA) is 69.6 Å². The van der Waals surface area contributed by atoms with Gasteiger partial charge in [0.15, 0.2) is 0 Å². The van der Waals surface area contributed by atoms with Crippen LogP contribution in [0.5, 0.6) is 5.75 Å². The molecule has 1 amide bonds. The molecule has 0 saturated heterocycles. The van der Waals surface area contributed by atoms with Gasteiger partial charge in [-0.1, -0.05) is 0 Å². The third kappa shape index (κ3) is 3.01. The molecule has 2 atom stereocenters. The van der Waals surface area contributed by atoms with Gasteiger partial charge in [-0.15, -0.1) is 0 Å². The highest BCUT2D eigenvalue weighted by Crippen LogP contribution is 2.24. The Morgan fingerprint density at radius 1 is 1.44 bits per heavy atom. The number of hydrogen-bond acceptors (Lipinski definition) is 3. The molecule has 1 aliphatic rings. The van der Waals surface area contributed by atoms with Crippen molar-refractivity contribution < 1.29 is 15.0 Å². The van der Waals surface area contributed by atoms with Gasteiger partial charge in [0.25, 0.3) is 5.91 Å². The maximum atomic E-state index is 11.9. The van der Waals surface area contributed by atoms with Gasteiger partial charge in [-0.2, -0.15) is 0 Å². The van der Waals surface area contributed by atoms with Crippen LogP contribution >= 0.6 is 0 Å². The van der Waals surface area contributed by atoms with Gasteiger partial charge in [-0.3, -0.25) is 4.79 Å². The molecule has 4 heteroatoms. The number of amides is 1. The molecule has 0 radical (unpaired) electrons. The number of benzene rings is 1. The van der Waals surface area contributed by atoms with Crippen molar-refractivity contribution in [2.24, 2.45) is 5.92 Å². The maximum Gasteiger partial charge on any atom is 0.251 e. The molecule has 0 bridgehead atoms. The smallest absolute Gasteiger partial charge is 0.251 e. The molecule has 18 heavy (non-hydrogen) atoms. The number of nitrogens with one attached hydrogen (secondary N) is 1. The molecule has 0 spiro atoms. The molecule has 2 unspecified atom stereocenters. The van der Waals surface area contributed by atoms with Crippen molar-refractivity contribution in [1.29, 1.82) is 0 Å². The van der Waals surface area contributed by atoms with Crippen LogP contribution in [0.25, 0.3) is 0 Å². The van der Waals surface area contributed by atoms with Crippen LogP contribution in [0.2, 0.25) is 0 Å². The highest BCUT2D eigenvalue weighted by atomic mass is 16.3. The molecule has 98 valence electrons. The predicted octanol–water partition coefficient (Wildman–Crippen LogP) is 1.59. The van der Waals surface area contributed by atoms with Crippen molar-refractivity contribution in [3.63, 3.8) is 0 Å². The summed E-state index contributed by atoms with van der Waals surface area (Å²) in [5.41, 5.74) is 1.25. The lowest BCUT2D eigenvalue weighted by Crippen LogP contribution is -2.28. The van der Waals surface area contributed by atoms with Crippen molar-refractivity contribution in [1.82, 2.24) is 5.32 Å². The number of aryl methyl sites for hydroxylation is 1. The van der Waals surface area contributed by atoms with Gasteiger partial charge in [0.2, 0.25) is 0 Å². The van der Waals surface area contributed by atoms with Crippen LogP contribution in [0.3, 0.4) is 0 Å². The molecule has 4 nitrogen and oxygen atoms in total. The molecular formula is C14H19NO3. The van der Waals surface area contributed by atoms with E-state index in [-0.39, 0.29) is 17.8 Å². The van der Waals surface area contributed by atoms with Gasteiger partial charge in [-0.05, 0) is 55.9 Å². The number of aliphatic hydroxyl groups excluding tert-OH is 1. The summed E-state index contributed by atoms with van der Waals surface area (Å²) in [5.74, 6) is 0.451. The molecule has 1 aromatic rings. The number of phenolic OH excluding ortho intramolecular Hbond substituents is 1. The number of aliphatic hydroxyl groups is 1. The summed E-state index contributed by atoms with van der Waals surface area (Å²) >= 11 is 0. The van der Waals surface area contributed by atoms with Crippen molar-refractivity contribution >= 4 is 5.91 Å². The Kier molecular flexibility index (Phi) is 3.87. The lowest BCUT2D eigenvalue weighted by molar-refractivity contribution is 0.0945. The average molecular weight is 249 g/mol. The fraction of sp³-hybridized carbons (Fsp3) is 0.500. The number of carbonyl (C=O) groups excluding carboxylic acids is 1. The third-order valence-corrected chi connectivity index (χ3v) is 3.52. The van der Waals surface area contributed by atoms with Crippen molar-refractivity contribution in [3.05, 3.63) is 29.3 Å². The van der Waals surface area contributed by atoms with Crippen LogP contribution in [0.15, 0.2) is 18.2 Å². The van der Waals surface area contributed by atoms with Gasteiger partial charge >= 0.3 is 0 Å². The van der Waals surface area contributed by atoms with E-state index >= 15 is 0 Å². The molecule has 1 aromatic carbocycles. The van der Waals surface area contributed by atoms with E-state index in [1.165, 1.54) is 6.07 Å². The quantitative estimate of drug-likeness (QED) is 0.762. The van der Waals surface area contributed by atoms with Gasteiger partial charge in [0.1, 0.15) is 5.75 Å². The first-order chi connectivity index (χ1) is 8.56. The number of aromatic hydroxyl groups is 1. The number of phenols is 1. The Labute approximate surface area is 107 Å². The van der Waals surface area contributed by atoms with E-state index in [0.717, 1.165) is 19.3 Å². The zero-order chi connectivity index (χ0) is 13.1. The van der Waals surface area contributed by atoms with Gasteiger partial charge in [0.05, 0.1) is 6.10 Å². The molecule has 3 N–H and O–H groups in total. The maximum absolute atomic E-state index is 11.9. The summed E-state index contributed by atoms with van der Waals surface area (Å²) in [5, 5.41) is 21.7. The lowest BCUT2D eigenvalue weighted by Gasteiger charge is -2.11. The lowest BCUT2D eigenvalue weighted by atomic mass is 10.1. The SMILES string of the molecule is Cc1cc(C(=O)NCC2CCC(O)C2)ccc1O. The third-order valence-electron chi connectivity index (χ3n) is 3.52. The van der Waals surface area contributed by atoms with Crippen LogP contribution in [-0.4, -0.2) is 28.8 Å². The highest BCUT2D eigenvalue weighted by molar-refractivity contribution is 5.94. The fourth-order valence-electron chi connectivity index (χ4n) is 2.37. The second-order valence-electron chi connectivity index (χ2n) is 5.04. The Morgan fingerprint density at radius 2 is 2.22 bits per heavy atom. The summed E-state index contributed by atoms with van der Waals surface area (Å²) in [6, 6.07) is 4.82. The van der Waals surface area contributed by atoms with Crippen LogP contribution in [0, 0.1) is 12.8 Å². The largest absolute Gasteiger partial charge is 0.508 e. The second-order valence-corrected chi connectivity index (χ2v) is 5.04. The standard InChI is InChI=1S/C14H19NO3/c1-9-6-11(3-5-13(9)17)14(18)15-8-10-2-4-12(16)7-10/h3,5-6,10,12,16-17H,2,4,7-8H2,1H3,(H,15,18). The van der Waals surface area contributed by atoms with Crippen LogP contribution in [-0.2, 0) is 0 Å². The first kappa shape index (κ1) is 12.9. The van der Waals surface area contributed by atoms with Crippen molar-refractivity contribution in [2.75, 3.05) is 6.54 Å². The molecule has 0 aliphatic heterocycles. The van der Waals surface area contributed by atoms with E-state index in [4.69, 9.17) is 0 Å². The average Bonchev–Trinajstić information content (AvgIpc) is 2.75. The minimum Gasteiger partial charge on any atom is -0.508 e. The van der Waals surface area contributed by atoms with Crippen molar-refractivity contribution in [3.8, 4) is 5.75 Å². The Hall–Kier alpha value is -1.55. The van der Waals surface area contributed by atoms with E-state index < -0.39 is 0 Å². The number of carbonyl (C=O) groups is 1. The normalized spacial score (nSPS) is 23.0. The van der Waals surface area contributed by atoms with Crippen molar-refractivity contribution in [2.45, 2.75) is 32.3 Å². The van der Waals surface area contributed by atoms with Gasteiger partial charge in [-0.25, -0.2) is 0 Å².